The number of rotatable bonds is 5. The second-order valence-corrected chi connectivity index (χ2v) is 12.4. The van der Waals surface area contributed by atoms with Gasteiger partial charge in [-0.05, 0) is 48.9 Å². The van der Waals surface area contributed by atoms with Gasteiger partial charge in [-0.1, -0.05) is 6.07 Å². The van der Waals surface area contributed by atoms with Crippen LogP contribution in [0.25, 0.3) is 0 Å². The van der Waals surface area contributed by atoms with Crippen molar-refractivity contribution in [2.24, 2.45) is 11.8 Å². The molecule has 0 bridgehead atoms. The Morgan fingerprint density at radius 3 is 2.49 bits per heavy atom. The van der Waals surface area contributed by atoms with E-state index >= 15 is 0 Å². The minimum atomic E-state index is -1.05. The molecule has 0 amide bonds. The quantitative estimate of drug-likeness (QED) is 0.572. The van der Waals surface area contributed by atoms with Crippen LogP contribution in [0.5, 0.6) is 0 Å². The van der Waals surface area contributed by atoms with E-state index in [1.807, 2.05) is 6.20 Å². The van der Waals surface area contributed by atoms with E-state index in [1.54, 1.807) is 6.20 Å². The molecule has 0 spiro atoms. The monoisotopic (exact) mass is 487 g/mol. The molecule has 1 aromatic carbocycles. The topological polar surface area (TPSA) is 90.0 Å². The van der Waals surface area contributed by atoms with Gasteiger partial charge < -0.3 is 20.1 Å². The zero-order chi connectivity index (χ0) is 23.1. The highest BCUT2D eigenvalue weighted by molar-refractivity contribution is 7.85. The summed E-state index contributed by atoms with van der Waals surface area (Å²) >= 11 is 0. The average Bonchev–Trinajstić information content (AvgIpc) is 3.29. The summed E-state index contributed by atoms with van der Waals surface area (Å²) in [4.78, 5) is 23.4. The number of hydrogen-bond donors (Lipinski definition) is 2. The van der Waals surface area contributed by atoms with Crippen molar-refractivity contribution in [3.63, 3.8) is 0 Å². The number of anilines is 3. The first-order valence-electron chi connectivity index (χ1n) is 12.8. The molecule has 35 heavy (non-hydrogen) atoms. The molecule has 3 aliphatic heterocycles. The molecular weight excluding hydrogens is 458 g/mol. The number of nitrogens with zero attached hydrogens (tertiary/aromatic N) is 5. The SMILES string of the molecule is O=[S@@]1CCc2nc(N3CC4CN(c5ccc6c(c5)CC6)CC4C3)nc(NC3(c4ncc[nH]4)CC3)c21. The summed E-state index contributed by atoms with van der Waals surface area (Å²) in [5.74, 6) is 4.36. The van der Waals surface area contributed by atoms with Gasteiger partial charge >= 0.3 is 0 Å². The molecule has 180 valence electrons. The normalized spacial score (nSPS) is 27.4. The van der Waals surface area contributed by atoms with Crippen molar-refractivity contribution in [3.8, 4) is 0 Å². The minimum Gasteiger partial charge on any atom is -0.371 e. The molecule has 3 fully saturated rings. The van der Waals surface area contributed by atoms with Crippen molar-refractivity contribution < 1.29 is 4.21 Å². The maximum atomic E-state index is 12.8. The summed E-state index contributed by atoms with van der Waals surface area (Å²) in [5.41, 5.74) is 5.17. The van der Waals surface area contributed by atoms with Gasteiger partial charge in [0.2, 0.25) is 5.95 Å². The molecular formula is C26H29N7OS. The van der Waals surface area contributed by atoms with Crippen molar-refractivity contribution in [1.29, 1.82) is 0 Å². The second-order valence-electron chi connectivity index (χ2n) is 10.9. The van der Waals surface area contributed by atoms with E-state index in [0.717, 1.165) is 73.6 Å². The lowest BCUT2D eigenvalue weighted by Crippen LogP contribution is -2.31. The van der Waals surface area contributed by atoms with E-state index in [-0.39, 0.29) is 5.54 Å². The smallest absolute Gasteiger partial charge is 0.227 e. The van der Waals surface area contributed by atoms with Gasteiger partial charge in [0.15, 0.2) is 0 Å². The number of imidazole rings is 1. The Balaban J connectivity index is 1.05. The predicted molar refractivity (Wildman–Crippen MR) is 135 cm³/mol. The molecule has 8 rings (SSSR count). The summed E-state index contributed by atoms with van der Waals surface area (Å²) in [6, 6.07) is 7.04. The number of aryl methyl sites for hydroxylation is 3. The highest BCUT2D eigenvalue weighted by atomic mass is 32.2. The molecule has 2 saturated heterocycles. The Kier molecular flexibility index (Phi) is 4.22. The standard InChI is InChI=1S/C26H29N7OS/c34-35-10-5-21-22(35)23(31-26(6-7-26)24-27-8-9-28-24)30-25(29-21)33-14-18-12-32(13-19(18)15-33)20-4-3-16-1-2-17(16)11-20/h3-4,8-9,11,18-19H,1-2,5-7,10,12-15H2,(H,27,28)(H,29,30,31)/t18?,19?,35-/m1/s1. The number of hydrogen-bond acceptors (Lipinski definition) is 7. The van der Waals surface area contributed by atoms with Crippen molar-refractivity contribution in [2.75, 3.05) is 47.0 Å². The van der Waals surface area contributed by atoms with Gasteiger partial charge in [-0.25, -0.2) is 9.97 Å². The maximum absolute atomic E-state index is 12.8. The molecule has 1 saturated carbocycles. The number of aromatic amines is 1. The molecule has 2 N–H and O–H groups in total. The Labute approximate surface area is 207 Å². The zero-order valence-electron chi connectivity index (χ0n) is 19.7. The number of aromatic nitrogens is 4. The van der Waals surface area contributed by atoms with Crippen LogP contribution in [0.2, 0.25) is 0 Å². The first-order valence-corrected chi connectivity index (χ1v) is 14.2. The van der Waals surface area contributed by atoms with Gasteiger partial charge in [0, 0.05) is 68.3 Å². The summed E-state index contributed by atoms with van der Waals surface area (Å²) in [7, 11) is -1.05. The lowest BCUT2D eigenvalue weighted by Gasteiger charge is -2.27. The summed E-state index contributed by atoms with van der Waals surface area (Å²) in [6.45, 7) is 4.16. The van der Waals surface area contributed by atoms with E-state index in [0.29, 0.717) is 17.6 Å². The lowest BCUT2D eigenvalue weighted by molar-refractivity contribution is 0.533. The minimum absolute atomic E-state index is 0.227. The first kappa shape index (κ1) is 20.3. The van der Waals surface area contributed by atoms with Gasteiger partial charge in [-0.2, -0.15) is 4.98 Å². The van der Waals surface area contributed by atoms with Crippen LogP contribution in [-0.2, 0) is 35.6 Å². The molecule has 2 aromatic heterocycles. The van der Waals surface area contributed by atoms with Gasteiger partial charge in [0.1, 0.15) is 16.5 Å². The van der Waals surface area contributed by atoms with E-state index < -0.39 is 10.8 Å². The van der Waals surface area contributed by atoms with Crippen LogP contribution in [-0.4, -0.2) is 56.1 Å². The Morgan fingerprint density at radius 1 is 1.00 bits per heavy atom. The molecule has 9 heteroatoms. The summed E-state index contributed by atoms with van der Waals surface area (Å²) < 4.78 is 12.8. The fraction of sp³-hybridized carbons (Fsp3) is 0.500. The third-order valence-electron chi connectivity index (χ3n) is 8.72. The molecule has 5 heterocycles. The van der Waals surface area contributed by atoms with Gasteiger partial charge in [-0.15, -0.1) is 0 Å². The van der Waals surface area contributed by atoms with Crippen molar-refractivity contribution in [3.05, 3.63) is 53.2 Å². The highest BCUT2D eigenvalue weighted by Gasteiger charge is 2.48. The molecule has 3 aromatic rings. The predicted octanol–water partition coefficient (Wildman–Crippen LogP) is 2.64. The van der Waals surface area contributed by atoms with Crippen molar-refractivity contribution in [2.45, 2.75) is 42.5 Å². The third-order valence-corrected chi connectivity index (χ3v) is 10.2. The molecule has 5 aliphatic rings. The highest BCUT2D eigenvalue weighted by Crippen LogP contribution is 2.48. The fourth-order valence-corrected chi connectivity index (χ4v) is 7.76. The number of benzene rings is 1. The molecule has 8 nitrogen and oxygen atoms in total. The van der Waals surface area contributed by atoms with Gasteiger partial charge in [0.05, 0.1) is 22.0 Å². The number of fused-ring (bicyclic) bond motifs is 3. The molecule has 0 radical (unpaired) electrons. The number of H-pyrrole nitrogens is 1. The Morgan fingerprint density at radius 2 is 1.80 bits per heavy atom. The zero-order valence-corrected chi connectivity index (χ0v) is 20.5. The van der Waals surface area contributed by atoms with Crippen molar-refractivity contribution >= 4 is 28.3 Å². The van der Waals surface area contributed by atoms with E-state index in [2.05, 4.69) is 43.3 Å². The third kappa shape index (κ3) is 3.16. The van der Waals surface area contributed by atoms with Crippen LogP contribution in [0.1, 0.15) is 35.5 Å². The summed E-state index contributed by atoms with van der Waals surface area (Å²) in [5, 5.41) is 3.65. The molecule has 2 unspecified atom stereocenters. The van der Waals surface area contributed by atoms with Crippen LogP contribution in [0.15, 0.2) is 35.5 Å². The first-order chi connectivity index (χ1) is 17.1. The molecule has 3 atom stereocenters. The van der Waals surface area contributed by atoms with Crippen molar-refractivity contribution in [1.82, 2.24) is 19.9 Å². The number of nitrogens with one attached hydrogen (secondary N) is 2. The fourth-order valence-electron chi connectivity index (χ4n) is 6.46. The largest absolute Gasteiger partial charge is 0.371 e. The Bertz CT molecular complexity index is 1340. The van der Waals surface area contributed by atoms with Gasteiger partial charge in [-0.3, -0.25) is 4.21 Å². The summed E-state index contributed by atoms with van der Waals surface area (Å²) in [6.07, 6.45) is 8.87. The second kappa shape index (κ2) is 7.29. The maximum Gasteiger partial charge on any atom is 0.227 e. The van der Waals surface area contributed by atoms with Crippen LogP contribution in [0, 0.1) is 11.8 Å². The van der Waals surface area contributed by atoms with Crippen LogP contribution in [0.4, 0.5) is 17.5 Å². The van der Waals surface area contributed by atoms with Crippen LogP contribution in [0.3, 0.4) is 0 Å². The average molecular weight is 488 g/mol. The van der Waals surface area contributed by atoms with Crippen LogP contribution >= 0.6 is 0 Å². The Hall–Kier alpha value is -2.94. The van der Waals surface area contributed by atoms with E-state index in [9.17, 15) is 4.21 Å². The lowest BCUT2D eigenvalue weighted by atomic mass is 9.88. The van der Waals surface area contributed by atoms with Gasteiger partial charge in [0.25, 0.3) is 0 Å². The van der Waals surface area contributed by atoms with E-state index in [1.165, 1.54) is 29.7 Å². The van der Waals surface area contributed by atoms with E-state index in [4.69, 9.17) is 9.97 Å². The molecule has 2 aliphatic carbocycles. The van der Waals surface area contributed by atoms with Crippen LogP contribution < -0.4 is 15.1 Å².